The van der Waals surface area contributed by atoms with E-state index in [2.05, 4.69) is 0 Å². The Morgan fingerprint density at radius 1 is 1.05 bits per heavy atom. The quantitative estimate of drug-likeness (QED) is 0.907. The third kappa shape index (κ3) is 2.70. The fraction of sp³-hybridized carbons (Fsp3) is 0.250. The Balaban J connectivity index is 1.70. The van der Waals surface area contributed by atoms with Crippen molar-refractivity contribution in [3.8, 4) is 17.2 Å². The molecule has 0 aliphatic carbocycles. The van der Waals surface area contributed by atoms with Crippen LogP contribution in [0.1, 0.15) is 11.1 Å². The molecule has 2 aromatic carbocycles. The summed E-state index contributed by atoms with van der Waals surface area (Å²) in [7, 11) is 0. The summed E-state index contributed by atoms with van der Waals surface area (Å²) in [6, 6.07) is 13.8. The summed E-state index contributed by atoms with van der Waals surface area (Å²) in [5.74, 6) is 2.45. The molecule has 1 heterocycles. The Hall–Kier alpha value is -2.20. The van der Waals surface area contributed by atoms with Crippen LogP contribution >= 0.6 is 0 Å². The topological polar surface area (TPSA) is 53.7 Å². The number of benzene rings is 2. The Morgan fingerprint density at radius 3 is 2.80 bits per heavy atom. The fourth-order valence-corrected chi connectivity index (χ4v) is 2.20. The summed E-state index contributed by atoms with van der Waals surface area (Å²) in [6.45, 7) is 1.40. The second-order valence-corrected chi connectivity index (χ2v) is 4.62. The smallest absolute Gasteiger partial charge is 0.231 e. The lowest BCUT2D eigenvalue weighted by Crippen LogP contribution is -2.05. The van der Waals surface area contributed by atoms with Gasteiger partial charge in [0.2, 0.25) is 6.79 Å². The van der Waals surface area contributed by atoms with Gasteiger partial charge in [0.15, 0.2) is 11.5 Å². The van der Waals surface area contributed by atoms with Crippen LogP contribution in [0.25, 0.3) is 0 Å². The number of nitrogens with two attached hydrogens (primary N) is 1. The standard InChI is InChI=1S/C16H17NO3/c17-8-7-13-3-1-2-4-14(13)18-10-12-5-6-15-16(9-12)20-11-19-15/h1-6,9H,7-8,10-11,17H2. The first kappa shape index (κ1) is 12.8. The molecule has 2 N–H and O–H groups in total. The molecule has 0 bridgehead atoms. The van der Waals surface area contributed by atoms with Crippen LogP contribution in [-0.2, 0) is 13.0 Å². The summed E-state index contributed by atoms with van der Waals surface area (Å²) in [5.41, 5.74) is 7.80. The Kier molecular flexibility index (Phi) is 3.74. The summed E-state index contributed by atoms with van der Waals surface area (Å²) in [5, 5.41) is 0. The molecule has 0 radical (unpaired) electrons. The van der Waals surface area contributed by atoms with E-state index in [4.69, 9.17) is 19.9 Å². The van der Waals surface area contributed by atoms with Crippen molar-refractivity contribution in [3.63, 3.8) is 0 Å². The largest absolute Gasteiger partial charge is 0.489 e. The van der Waals surface area contributed by atoms with Crippen LogP contribution < -0.4 is 19.9 Å². The monoisotopic (exact) mass is 271 g/mol. The van der Waals surface area contributed by atoms with E-state index in [9.17, 15) is 0 Å². The zero-order valence-electron chi connectivity index (χ0n) is 11.2. The van der Waals surface area contributed by atoms with Gasteiger partial charge >= 0.3 is 0 Å². The molecule has 1 aliphatic rings. The highest BCUT2D eigenvalue weighted by atomic mass is 16.7. The van der Waals surface area contributed by atoms with Crippen molar-refractivity contribution in [2.24, 2.45) is 5.73 Å². The van der Waals surface area contributed by atoms with E-state index < -0.39 is 0 Å². The summed E-state index contributed by atoms with van der Waals surface area (Å²) < 4.78 is 16.5. The van der Waals surface area contributed by atoms with Crippen molar-refractivity contribution in [1.29, 1.82) is 0 Å². The maximum absolute atomic E-state index is 5.88. The second kappa shape index (κ2) is 5.84. The maximum Gasteiger partial charge on any atom is 0.231 e. The normalized spacial score (nSPS) is 12.4. The molecule has 0 saturated heterocycles. The molecule has 4 nitrogen and oxygen atoms in total. The van der Waals surface area contributed by atoms with Gasteiger partial charge in [0.05, 0.1) is 0 Å². The van der Waals surface area contributed by atoms with Crippen molar-refractivity contribution in [3.05, 3.63) is 53.6 Å². The molecule has 0 amide bonds. The lowest BCUT2D eigenvalue weighted by molar-refractivity contribution is 0.174. The zero-order valence-corrected chi connectivity index (χ0v) is 11.2. The number of fused-ring (bicyclic) bond motifs is 1. The Labute approximate surface area is 118 Å². The molecule has 3 rings (SSSR count). The van der Waals surface area contributed by atoms with E-state index >= 15 is 0 Å². The molecule has 0 unspecified atom stereocenters. The zero-order chi connectivity index (χ0) is 13.8. The minimum atomic E-state index is 0.291. The molecular weight excluding hydrogens is 254 g/mol. The van der Waals surface area contributed by atoms with Crippen molar-refractivity contribution in [2.75, 3.05) is 13.3 Å². The Morgan fingerprint density at radius 2 is 1.90 bits per heavy atom. The van der Waals surface area contributed by atoms with Crippen LogP contribution in [0.4, 0.5) is 0 Å². The van der Waals surface area contributed by atoms with Crippen LogP contribution in [0.3, 0.4) is 0 Å². The van der Waals surface area contributed by atoms with Gasteiger partial charge in [-0.25, -0.2) is 0 Å². The molecule has 0 spiro atoms. The van der Waals surface area contributed by atoms with Gasteiger partial charge in [-0.3, -0.25) is 0 Å². The highest BCUT2D eigenvalue weighted by molar-refractivity contribution is 5.44. The third-order valence-corrected chi connectivity index (χ3v) is 3.22. The van der Waals surface area contributed by atoms with E-state index in [0.717, 1.165) is 34.8 Å². The average molecular weight is 271 g/mol. The Bertz CT molecular complexity index is 598. The van der Waals surface area contributed by atoms with Gasteiger partial charge in [0, 0.05) is 0 Å². The van der Waals surface area contributed by atoms with E-state index in [1.54, 1.807) is 0 Å². The van der Waals surface area contributed by atoms with Crippen LogP contribution in [0.2, 0.25) is 0 Å². The van der Waals surface area contributed by atoms with Gasteiger partial charge in [-0.2, -0.15) is 0 Å². The summed E-state index contributed by atoms with van der Waals surface area (Å²) in [6.07, 6.45) is 0.817. The van der Waals surface area contributed by atoms with Crippen LogP contribution in [-0.4, -0.2) is 13.3 Å². The maximum atomic E-state index is 5.88. The molecule has 0 fully saturated rings. The van der Waals surface area contributed by atoms with Crippen LogP contribution in [0.15, 0.2) is 42.5 Å². The molecule has 0 saturated carbocycles. The van der Waals surface area contributed by atoms with Gasteiger partial charge in [-0.1, -0.05) is 24.3 Å². The molecule has 0 atom stereocenters. The molecular formula is C16H17NO3. The molecule has 4 heteroatoms. The molecule has 0 aromatic heterocycles. The van der Waals surface area contributed by atoms with Gasteiger partial charge in [-0.15, -0.1) is 0 Å². The number of rotatable bonds is 5. The fourth-order valence-electron chi connectivity index (χ4n) is 2.20. The molecule has 1 aliphatic heterocycles. The second-order valence-electron chi connectivity index (χ2n) is 4.62. The van der Waals surface area contributed by atoms with Crippen molar-refractivity contribution in [2.45, 2.75) is 13.0 Å². The van der Waals surface area contributed by atoms with E-state index in [1.165, 1.54) is 0 Å². The first-order valence-corrected chi connectivity index (χ1v) is 6.66. The van der Waals surface area contributed by atoms with Gasteiger partial charge in [0.25, 0.3) is 0 Å². The van der Waals surface area contributed by atoms with Gasteiger partial charge in [-0.05, 0) is 42.3 Å². The SMILES string of the molecule is NCCc1ccccc1OCc1ccc2c(c1)OCO2. The lowest BCUT2D eigenvalue weighted by atomic mass is 10.1. The predicted molar refractivity (Wildman–Crippen MR) is 76.1 cm³/mol. The van der Waals surface area contributed by atoms with Gasteiger partial charge < -0.3 is 19.9 Å². The average Bonchev–Trinajstić information content (AvgIpc) is 2.94. The van der Waals surface area contributed by atoms with E-state index in [0.29, 0.717) is 19.9 Å². The van der Waals surface area contributed by atoms with E-state index in [-0.39, 0.29) is 0 Å². The highest BCUT2D eigenvalue weighted by Crippen LogP contribution is 2.32. The predicted octanol–water partition coefficient (Wildman–Crippen LogP) is 2.50. The van der Waals surface area contributed by atoms with Crippen molar-refractivity contribution in [1.82, 2.24) is 0 Å². The first-order valence-electron chi connectivity index (χ1n) is 6.66. The van der Waals surface area contributed by atoms with Crippen LogP contribution in [0.5, 0.6) is 17.2 Å². The minimum Gasteiger partial charge on any atom is -0.489 e. The summed E-state index contributed by atoms with van der Waals surface area (Å²) >= 11 is 0. The highest BCUT2D eigenvalue weighted by Gasteiger charge is 2.13. The molecule has 104 valence electrons. The number of para-hydroxylation sites is 1. The molecule has 2 aromatic rings. The lowest BCUT2D eigenvalue weighted by Gasteiger charge is -2.11. The number of ether oxygens (including phenoxy) is 3. The number of hydrogen-bond acceptors (Lipinski definition) is 4. The first-order chi connectivity index (χ1) is 9.86. The third-order valence-electron chi connectivity index (χ3n) is 3.22. The number of hydrogen-bond donors (Lipinski definition) is 1. The molecule has 20 heavy (non-hydrogen) atoms. The van der Waals surface area contributed by atoms with Crippen molar-refractivity contribution >= 4 is 0 Å². The van der Waals surface area contributed by atoms with E-state index in [1.807, 2.05) is 42.5 Å². The minimum absolute atomic E-state index is 0.291. The van der Waals surface area contributed by atoms with Gasteiger partial charge in [0.1, 0.15) is 12.4 Å². The summed E-state index contributed by atoms with van der Waals surface area (Å²) in [4.78, 5) is 0. The van der Waals surface area contributed by atoms with Crippen molar-refractivity contribution < 1.29 is 14.2 Å². The van der Waals surface area contributed by atoms with Crippen LogP contribution in [0, 0.1) is 0 Å².